The average Bonchev–Trinajstić information content (AvgIpc) is 2.67. The summed E-state index contributed by atoms with van der Waals surface area (Å²) in [6, 6.07) is 4.79. The summed E-state index contributed by atoms with van der Waals surface area (Å²) in [4.78, 5) is 36.2. The molecule has 0 atom stereocenters. The number of carbonyl (C=O) groups excluding carboxylic acids is 3. The Morgan fingerprint density at radius 3 is 1.61 bits per heavy atom. The second-order valence-electron chi connectivity index (χ2n) is 7.01. The van der Waals surface area contributed by atoms with Gasteiger partial charge in [0.15, 0.2) is 0 Å². The molecule has 2 amide bonds. The molecule has 0 heterocycles. The number of ether oxygens (including phenoxy) is 1. The zero-order valence-electron chi connectivity index (χ0n) is 17.4. The van der Waals surface area contributed by atoms with E-state index < -0.39 is 5.97 Å². The number of unbranched alkanes of at least 4 members (excludes halogenated alkanes) is 6. The lowest BCUT2D eigenvalue weighted by atomic mass is 10.1. The number of benzene rings is 1. The Bertz CT molecular complexity index is 599. The van der Waals surface area contributed by atoms with E-state index in [9.17, 15) is 14.4 Å². The van der Waals surface area contributed by atoms with Crippen molar-refractivity contribution >= 4 is 29.2 Å². The largest absolute Gasteiger partial charge is 0.465 e. The van der Waals surface area contributed by atoms with Gasteiger partial charge in [-0.3, -0.25) is 9.59 Å². The topological polar surface area (TPSA) is 84.5 Å². The van der Waals surface area contributed by atoms with Gasteiger partial charge in [0.2, 0.25) is 11.8 Å². The van der Waals surface area contributed by atoms with E-state index in [0.717, 1.165) is 51.4 Å². The van der Waals surface area contributed by atoms with Crippen LogP contribution in [0.5, 0.6) is 0 Å². The number of methoxy groups -OCH3 is 1. The highest BCUT2D eigenvalue weighted by molar-refractivity contribution is 5.98. The van der Waals surface area contributed by atoms with Crippen LogP contribution in [0.1, 0.15) is 88.4 Å². The predicted molar refractivity (Wildman–Crippen MR) is 113 cm³/mol. The Hall–Kier alpha value is -2.37. The van der Waals surface area contributed by atoms with Crippen LogP contribution >= 0.6 is 0 Å². The summed E-state index contributed by atoms with van der Waals surface area (Å²) in [7, 11) is 1.30. The number of hydrogen-bond donors (Lipinski definition) is 2. The lowest BCUT2D eigenvalue weighted by Crippen LogP contribution is -2.15. The molecular weight excluding hydrogens is 356 g/mol. The van der Waals surface area contributed by atoms with Crippen molar-refractivity contribution in [1.82, 2.24) is 0 Å². The van der Waals surface area contributed by atoms with Gasteiger partial charge in [0.25, 0.3) is 0 Å². The van der Waals surface area contributed by atoms with Crippen molar-refractivity contribution < 1.29 is 19.1 Å². The molecule has 1 aromatic carbocycles. The highest BCUT2D eigenvalue weighted by atomic mass is 16.5. The fraction of sp³-hybridized carbons (Fsp3) is 0.591. The van der Waals surface area contributed by atoms with Gasteiger partial charge in [-0.1, -0.05) is 52.4 Å². The smallest absolute Gasteiger partial charge is 0.337 e. The first kappa shape index (κ1) is 23.7. The van der Waals surface area contributed by atoms with Crippen molar-refractivity contribution in [3.63, 3.8) is 0 Å². The van der Waals surface area contributed by atoms with Crippen LogP contribution in [0.25, 0.3) is 0 Å². The third kappa shape index (κ3) is 9.53. The van der Waals surface area contributed by atoms with Crippen molar-refractivity contribution in [2.45, 2.75) is 78.1 Å². The molecule has 0 aliphatic heterocycles. The van der Waals surface area contributed by atoms with Crippen LogP contribution in [0.2, 0.25) is 0 Å². The van der Waals surface area contributed by atoms with E-state index in [1.165, 1.54) is 7.11 Å². The van der Waals surface area contributed by atoms with Gasteiger partial charge in [-0.25, -0.2) is 4.79 Å². The lowest BCUT2D eigenvalue weighted by molar-refractivity contribution is -0.117. The van der Waals surface area contributed by atoms with Gasteiger partial charge in [0.05, 0.1) is 12.7 Å². The van der Waals surface area contributed by atoms with Gasteiger partial charge < -0.3 is 15.4 Å². The molecule has 0 radical (unpaired) electrons. The van der Waals surface area contributed by atoms with Crippen LogP contribution in [-0.4, -0.2) is 24.9 Å². The molecule has 0 aliphatic carbocycles. The standard InChI is InChI=1S/C22H34N2O4/c1-4-6-8-10-12-20(25)23-18-14-17(22(27)28-3)15-19(16-18)24-21(26)13-11-9-7-5-2/h14-16H,4-13H2,1-3H3,(H,23,25)(H,24,26). The Labute approximate surface area is 168 Å². The number of hydrogen-bond acceptors (Lipinski definition) is 4. The van der Waals surface area contributed by atoms with Crippen LogP contribution in [0.15, 0.2) is 18.2 Å². The molecule has 0 spiro atoms. The van der Waals surface area contributed by atoms with Gasteiger partial charge in [-0.2, -0.15) is 0 Å². The molecule has 6 nitrogen and oxygen atoms in total. The molecule has 1 aromatic rings. The van der Waals surface area contributed by atoms with E-state index in [1.54, 1.807) is 18.2 Å². The van der Waals surface area contributed by atoms with Crippen LogP contribution in [0.3, 0.4) is 0 Å². The van der Waals surface area contributed by atoms with Crippen molar-refractivity contribution in [2.24, 2.45) is 0 Å². The first-order valence-electron chi connectivity index (χ1n) is 10.3. The molecule has 156 valence electrons. The fourth-order valence-electron chi connectivity index (χ4n) is 2.88. The number of esters is 1. The number of carbonyl (C=O) groups is 3. The molecule has 0 saturated carbocycles. The molecular formula is C22H34N2O4. The van der Waals surface area contributed by atoms with Gasteiger partial charge in [0, 0.05) is 24.2 Å². The Morgan fingerprint density at radius 1 is 0.750 bits per heavy atom. The van der Waals surface area contributed by atoms with Crippen molar-refractivity contribution in [2.75, 3.05) is 17.7 Å². The van der Waals surface area contributed by atoms with Gasteiger partial charge >= 0.3 is 5.97 Å². The van der Waals surface area contributed by atoms with Crippen molar-refractivity contribution in [3.05, 3.63) is 23.8 Å². The predicted octanol–water partition coefficient (Wildman–Crippen LogP) is 5.29. The van der Waals surface area contributed by atoms with Gasteiger partial charge in [-0.15, -0.1) is 0 Å². The molecule has 1 rings (SSSR count). The number of anilines is 2. The van der Waals surface area contributed by atoms with Crippen LogP contribution in [-0.2, 0) is 14.3 Å². The minimum atomic E-state index is -0.516. The maximum Gasteiger partial charge on any atom is 0.337 e. The summed E-state index contributed by atoms with van der Waals surface area (Å²) in [6.07, 6.45) is 9.02. The molecule has 28 heavy (non-hydrogen) atoms. The van der Waals surface area contributed by atoms with E-state index in [4.69, 9.17) is 4.74 Å². The monoisotopic (exact) mass is 390 g/mol. The number of amides is 2. The van der Waals surface area contributed by atoms with Crippen LogP contribution < -0.4 is 10.6 Å². The van der Waals surface area contributed by atoms with Crippen molar-refractivity contribution in [3.8, 4) is 0 Å². The quantitative estimate of drug-likeness (QED) is 0.354. The van der Waals surface area contributed by atoms with E-state index in [1.807, 2.05) is 0 Å². The summed E-state index contributed by atoms with van der Waals surface area (Å²) < 4.78 is 4.78. The third-order valence-corrected chi connectivity index (χ3v) is 4.44. The van der Waals surface area contributed by atoms with E-state index in [-0.39, 0.29) is 17.4 Å². The highest BCUT2D eigenvalue weighted by Gasteiger charge is 2.12. The number of rotatable bonds is 13. The summed E-state index contributed by atoms with van der Waals surface area (Å²) in [5.41, 5.74) is 1.24. The Kier molecular flexibility index (Phi) is 11.6. The fourth-order valence-corrected chi connectivity index (χ4v) is 2.88. The first-order valence-corrected chi connectivity index (χ1v) is 10.3. The molecule has 0 aliphatic rings. The molecule has 0 bridgehead atoms. The molecule has 0 unspecified atom stereocenters. The average molecular weight is 391 g/mol. The van der Waals surface area contributed by atoms with Crippen molar-refractivity contribution in [1.29, 1.82) is 0 Å². The molecule has 6 heteroatoms. The summed E-state index contributed by atoms with van der Waals surface area (Å²) in [5.74, 6) is -0.720. The second-order valence-corrected chi connectivity index (χ2v) is 7.01. The van der Waals surface area contributed by atoms with E-state index in [2.05, 4.69) is 24.5 Å². The minimum Gasteiger partial charge on any atom is -0.465 e. The molecule has 0 saturated heterocycles. The number of nitrogens with one attached hydrogen (secondary N) is 2. The second kappa shape index (κ2) is 13.7. The maximum atomic E-state index is 12.1. The Morgan fingerprint density at radius 2 is 1.21 bits per heavy atom. The van der Waals surface area contributed by atoms with Crippen LogP contribution in [0.4, 0.5) is 11.4 Å². The summed E-state index contributed by atoms with van der Waals surface area (Å²) in [6.45, 7) is 4.25. The third-order valence-electron chi connectivity index (χ3n) is 4.44. The lowest BCUT2D eigenvalue weighted by Gasteiger charge is -2.11. The van der Waals surface area contributed by atoms with Gasteiger partial charge in [-0.05, 0) is 31.0 Å². The molecule has 0 aromatic heterocycles. The van der Waals surface area contributed by atoms with Gasteiger partial charge in [0.1, 0.15) is 0 Å². The zero-order chi connectivity index (χ0) is 20.8. The summed E-state index contributed by atoms with van der Waals surface area (Å²) >= 11 is 0. The van der Waals surface area contributed by atoms with E-state index in [0.29, 0.717) is 24.2 Å². The first-order chi connectivity index (χ1) is 13.5. The Balaban J connectivity index is 2.75. The maximum absolute atomic E-state index is 12.1. The highest BCUT2D eigenvalue weighted by Crippen LogP contribution is 2.21. The summed E-state index contributed by atoms with van der Waals surface area (Å²) in [5, 5.41) is 5.63. The molecule has 0 fully saturated rings. The SMILES string of the molecule is CCCCCCC(=O)Nc1cc(NC(=O)CCCCCC)cc(C(=O)OC)c1. The minimum absolute atomic E-state index is 0.102. The zero-order valence-corrected chi connectivity index (χ0v) is 17.4. The molecule has 2 N–H and O–H groups in total. The van der Waals surface area contributed by atoms with E-state index >= 15 is 0 Å². The van der Waals surface area contributed by atoms with Crippen LogP contribution in [0, 0.1) is 0 Å². The normalized spacial score (nSPS) is 10.4.